The minimum atomic E-state index is -0.400. The van der Waals surface area contributed by atoms with Crippen LogP contribution in [-0.4, -0.2) is 18.7 Å². The zero-order valence-corrected chi connectivity index (χ0v) is 6.51. The lowest BCUT2D eigenvalue weighted by molar-refractivity contribution is -0.117. The summed E-state index contributed by atoms with van der Waals surface area (Å²) in [7, 11) is 1.32. The van der Waals surface area contributed by atoms with Gasteiger partial charge in [-0.3, -0.25) is 9.59 Å². The van der Waals surface area contributed by atoms with Crippen molar-refractivity contribution >= 4 is 23.2 Å². The van der Waals surface area contributed by atoms with Gasteiger partial charge >= 0.3 is 0 Å². The topological polar surface area (TPSA) is 43.4 Å². The Morgan fingerprint density at radius 1 is 1.27 bits per heavy atom. The Kier molecular flexibility index (Phi) is 2.10. The molecule has 0 unspecified atom stereocenters. The third-order valence-electron chi connectivity index (χ3n) is 1.22. The van der Waals surface area contributed by atoms with E-state index in [0.717, 1.165) is 12.2 Å². The van der Waals surface area contributed by atoms with E-state index in [1.165, 1.54) is 7.11 Å². The van der Waals surface area contributed by atoms with Gasteiger partial charge in [-0.1, -0.05) is 11.6 Å². The van der Waals surface area contributed by atoms with Crippen LogP contribution in [0.1, 0.15) is 0 Å². The molecule has 0 aromatic rings. The number of carbonyl (C=O) groups excluding carboxylic acids is 2. The highest BCUT2D eigenvalue weighted by molar-refractivity contribution is 6.47. The molecule has 3 nitrogen and oxygen atoms in total. The van der Waals surface area contributed by atoms with E-state index < -0.39 is 5.78 Å². The van der Waals surface area contributed by atoms with Crippen molar-refractivity contribution in [2.24, 2.45) is 0 Å². The fourth-order valence-electron chi connectivity index (χ4n) is 0.676. The summed E-state index contributed by atoms with van der Waals surface area (Å²) in [6.07, 6.45) is 2.12. The summed E-state index contributed by atoms with van der Waals surface area (Å²) in [4.78, 5) is 21.7. The van der Waals surface area contributed by atoms with Crippen molar-refractivity contribution in [3.63, 3.8) is 0 Å². The van der Waals surface area contributed by atoms with Gasteiger partial charge in [-0.25, -0.2) is 0 Å². The second-order valence-corrected chi connectivity index (χ2v) is 2.34. The van der Waals surface area contributed by atoms with Crippen LogP contribution in [-0.2, 0) is 14.3 Å². The molecule has 58 valence electrons. The maximum Gasteiger partial charge on any atom is 0.222 e. The molecule has 0 fully saturated rings. The molecule has 1 aliphatic rings. The molecule has 0 aromatic carbocycles. The minimum Gasteiger partial charge on any atom is -0.493 e. The third-order valence-corrected chi connectivity index (χ3v) is 1.51. The first-order valence-electron chi connectivity index (χ1n) is 2.86. The highest BCUT2D eigenvalue weighted by Gasteiger charge is 2.18. The Labute approximate surface area is 68.3 Å². The second kappa shape index (κ2) is 2.88. The van der Waals surface area contributed by atoms with Crippen LogP contribution in [0.5, 0.6) is 0 Å². The lowest BCUT2D eigenvalue weighted by atomic mass is 10.1. The summed E-state index contributed by atoms with van der Waals surface area (Å²) >= 11 is 5.37. The zero-order chi connectivity index (χ0) is 8.43. The molecule has 1 rings (SSSR count). The molecule has 0 radical (unpaired) electrons. The van der Waals surface area contributed by atoms with Crippen LogP contribution in [0.15, 0.2) is 22.9 Å². The fraction of sp³-hybridized carbons (Fsp3) is 0.143. The largest absolute Gasteiger partial charge is 0.493 e. The number of halogens is 1. The summed E-state index contributed by atoms with van der Waals surface area (Å²) in [6, 6.07) is 0. The molecule has 0 bridgehead atoms. The second-order valence-electron chi connectivity index (χ2n) is 1.93. The Hall–Kier alpha value is -1.09. The van der Waals surface area contributed by atoms with E-state index in [9.17, 15) is 9.59 Å². The van der Waals surface area contributed by atoms with Gasteiger partial charge in [-0.2, -0.15) is 0 Å². The molecule has 0 spiro atoms. The highest BCUT2D eigenvalue weighted by atomic mass is 35.5. The van der Waals surface area contributed by atoms with E-state index >= 15 is 0 Å². The van der Waals surface area contributed by atoms with Gasteiger partial charge in [0.1, 0.15) is 0 Å². The Morgan fingerprint density at radius 2 is 1.91 bits per heavy atom. The van der Waals surface area contributed by atoms with Gasteiger partial charge in [0, 0.05) is 12.2 Å². The van der Waals surface area contributed by atoms with E-state index in [-0.39, 0.29) is 16.6 Å². The molecule has 0 heterocycles. The number of ether oxygens (including phenoxy) is 1. The normalized spacial score (nSPS) is 17.6. The Morgan fingerprint density at radius 3 is 2.45 bits per heavy atom. The predicted octanol–water partition coefficient (Wildman–Crippen LogP) is 0.791. The first-order chi connectivity index (χ1) is 5.15. The van der Waals surface area contributed by atoms with E-state index in [1.807, 2.05) is 0 Å². The quantitative estimate of drug-likeness (QED) is 0.550. The van der Waals surface area contributed by atoms with Crippen molar-refractivity contribution in [2.45, 2.75) is 0 Å². The molecule has 0 aromatic heterocycles. The Balaban J connectivity index is 2.98. The van der Waals surface area contributed by atoms with Crippen LogP contribution in [0, 0.1) is 0 Å². The van der Waals surface area contributed by atoms with Gasteiger partial charge in [-0.15, -0.1) is 0 Å². The standard InChI is InChI=1S/C7H5ClO3/c1-11-7-3-5(9)4(8)2-6(7)10/h2-3H,1H3. The van der Waals surface area contributed by atoms with E-state index in [0.29, 0.717) is 0 Å². The van der Waals surface area contributed by atoms with Crippen molar-refractivity contribution in [3.05, 3.63) is 22.9 Å². The number of rotatable bonds is 1. The van der Waals surface area contributed by atoms with E-state index in [4.69, 9.17) is 11.6 Å². The highest BCUT2D eigenvalue weighted by Crippen LogP contribution is 2.14. The summed E-state index contributed by atoms with van der Waals surface area (Å²) < 4.78 is 4.61. The first-order valence-corrected chi connectivity index (χ1v) is 3.24. The summed E-state index contributed by atoms with van der Waals surface area (Å²) in [5.41, 5.74) is 0. The maximum absolute atomic E-state index is 10.9. The monoisotopic (exact) mass is 172 g/mol. The van der Waals surface area contributed by atoms with Crippen LogP contribution >= 0.6 is 11.6 Å². The van der Waals surface area contributed by atoms with Gasteiger partial charge in [0.2, 0.25) is 11.6 Å². The molecule has 11 heavy (non-hydrogen) atoms. The number of carbonyl (C=O) groups is 2. The van der Waals surface area contributed by atoms with Gasteiger partial charge in [0.15, 0.2) is 5.76 Å². The number of hydrogen-bond acceptors (Lipinski definition) is 3. The lowest BCUT2D eigenvalue weighted by Gasteiger charge is -2.05. The van der Waals surface area contributed by atoms with Crippen molar-refractivity contribution in [3.8, 4) is 0 Å². The summed E-state index contributed by atoms with van der Waals surface area (Å²) in [6.45, 7) is 0. The summed E-state index contributed by atoms with van der Waals surface area (Å²) in [5.74, 6) is -0.750. The summed E-state index contributed by atoms with van der Waals surface area (Å²) in [5, 5.41) is -0.0733. The molecule has 1 aliphatic carbocycles. The van der Waals surface area contributed by atoms with Gasteiger partial charge < -0.3 is 4.74 Å². The smallest absolute Gasteiger partial charge is 0.222 e. The van der Waals surface area contributed by atoms with Crippen molar-refractivity contribution in [2.75, 3.05) is 7.11 Å². The van der Waals surface area contributed by atoms with Crippen molar-refractivity contribution < 1.29 is 14.3 Å². The average Bonchev–Trinajstić information content (AvgIpc) is 1.97. The van der Waals surface area contributed by atoms with Crippen LogP contribution in [0.2, 0.25) is 0 Å². The minimum absolute atomic E-state index is 0.0272. The van der Waals surface area contributed by atoms with Gasteiger partial charge in [0.05, 0.1) is 12.1 Å². The Bertz CT molecular complexity index is 275. The number of methoxy groups -OCH3 is 1. The lowest BCUT2D eigenvalue weighted by Crippen LogP contribution is -2.11. The molecule has 0 saturated heterocycles. The van der Waals surface area contributed by atoms with Crippen LogP contribution in [0.25, 0.3) is 0 Å². The molecule has 0 atom stereocenters. The fourth-order valence-corrected chi connectivity index (χ4v) is 0.830. The van der Waals surface area contributed by atoms with Crippen LogP contribution in [0.3, 0.4) is 0 Å². The van der Waals surface area contributed by atoms with Crippen molar-refractivity contribution in [1.29, 1.82) is 0 Å². The predicted molar refractivity (Wildman–Crippen MR) is 39.0 cm³/mol. The number of hydrogen-bond donors (Lipinski definition) is 0. The molecule has 4 heteroatoms. The third kappa shape index (κ3) is 1.49. The molecular formula is C7H5ClO3. The van der Waals surface area contributed by atoms with Crippen LogP contribution < -0.4 is 0 Å². The molecule has 0 N–H and O–H groups in total. The average molecular weight is 173 g/mol. The molecule has 0 aliphatic heterocycles. The first kappa shape index (κ1) is 8.01. The molecular weight excluding hydrogens is 168 g/mol. The van der Waals surface area contributed by atoms with Crippen molar-refractivity contribution in [1.82, 2.24) is 0 Å². The van der Waals surface area contributed by atoms with E-state index in [1.54, 1.807) is 0 Å². The van der Waals surface area contributed by atoms with E-state index in [2.05, 4.69) is 4.74 Å². The van der Waals surface area contributed by atoms with Gasteiger partial charge in [0.25, 0.3) is 0 Å². The molecule has 0 amide bonds. The SMILES string of the molecule is COC1=CC(=O)C(Cl)=CC1=O. The van der Waals surface area contributed by atoms with Gasteiger partial charge in [-0.05, 0) is 0 Å². The zero-order valence-electron chi connectivity index (χ0n) is 5.76. The number of ketones is 2. The maximum atomic E-state index is 10.9. The number of allylic oxidation sites excluding steroid dienone is 3. The van der Waals surface area contributed by atoms with Crippen LogP contribution in [0.4, 0.5) is 0 Å². The molecule has 0 saturated carbocycles.